The van der Waals surface area contributed by atoms with Crippen molar-refractivity contribution >= 4 is 23.4 Å². The first-order chi connectivity index (χ1) is 15.0. The molecule has 2 aromatic carbocycles. The number of nitrogens with zero attached hydrogens (tertiary/aromatic N) is 3. The normalized spacial score (nSPS) is 18.5. The molecule has 6 nitrogen and oxygen atoms in total. The molecule has 0 saturated carbocycles. The zero-order chi connectivity index (χ0) is 22.1. The number of thioether (sulfide) groups is 1. The van der Waals surface area contributed by atoms with Crippen LogP contribution >= 0.6 is 11.8 Å². The van der Waals surface area contributed by atoms with Crippen molar-refractivity contribution in [1.29, 1.82) is 5.26 Å². The molecule has 4 rings (SSSR count). The summed E-state index contributed by atoms with van der Waals surface area (Å²) in [5.74, 6) is 1.65. The van der Waals surface area contributed by atoms with E-state index >= 15 is 0 Å². The van der Waals surface area contributed by atoms with Gasteiger partial charge in [-0.05, 0) is 55.3 Å². The molecule has 0 bridgehead atoms. The average molecular weight is 436 g/mol. The van der Waals surface area contributed by atoms with Crippen molar-refractivity contribution in [3.63, 3.8) is 0 Å². The number of allylic oxidation sites excluding steroid dienone is 1. The first-order valence-corrected chi connectivity index (χ1v) is 11.1. The first kappa shape index (κ1) is 21.1. The van der Waals surface area contributed by atoms with Gasteiger partial charge in [0.05, 0.1) is 43.4 Å². The SMILES string of the molecule is COc1ccc(OC)c([C@H]2CC(=O)N3CN(c4ccc(C)c(C)c4)CSC3=C2C#N)c1. The van der Waals surface area contributed by atoms with Crippen LogP contribution < -0.4 is 14.4 Å². The number of anilines is 1. The number of amides is 1. The van der Waals surface area contributed by atoms with Gasteiger partial charge in [-0.3, -0.25) is 9.69 Å². The Labute approximate surface area is 187 Å². The lowest BCUT2D eigenvalue weighted by Crippen LogP contribution is -2.47. The second kappa shape index (κ2) is 8.56. The maximum atomic E-state index is 13.2. The summed E-state index contributed by atoms with van der Waals surface area (Å²) < 4.78 is 10.9. The van der Waals surface area contributed by atoms with Crippen LogP contribution in [0.1, 0.15) is 29.0 Å². The molecule has 2 aliphatic rings. The van der Waals surface area contributed by atoms with Gasteiger partial charge in [-0.15, -0.1) is 0 Å². The Morgan fingerprint density at radius 1 is 1.10 bits per heavy atom. The molecular formula is C24H25N3O3S. The van der Waals surface area contributed by atoms with Crippen molar-refractivity contribution in [3.8, 4) is 17.6 Å². The van der Waals surface area contributed by atoms with Crippen molar-refractivity contribution in [2.24, 2.45) is 0 Å². The lowest BCUT2D eigenvalue weighted by atomic mass is 9.86. The summed E-state index contributed by atoms with van der Waals surface area (Å²) in [5, 5.41) is 10.8. The van der Waals surface area contributed by atoms with E-state index in [9.17, 15) is 10.1 Å². The minimum Gasteiger partial charge on any atom is -0.497 e. The standard InChI is InChI=1S/C24H25N3O3S/c1-15-5-6-17(9-16(15)2)26-13-27-23(28)11-19(21(12-25)24(27)31-14-26)20-10-18(29-3)7-8-22(20)30-4/h5-10,19H,11,13-14H2,1-4H3/t19-/m1/s1. The van der Waals surface area contributed by atoms with Gasteiger partial charge >= 0.3 is 0 Å². The van der Waals surface area contributed by atoms with Crippen LogP contribution in [0.2, 0.25) is 0 Å². The Balaban J connectivity index is 1.70. The van der Waals surface area contributed by atoms with Crippen molar-refractivity contribution in [2.75, 3.05) is 31.7 Å². The predicted octanol–water partition coefficient (Wildman–Crippen LogP) is 4.54. The van der Waals surface area contributed by atoms with Gasteiger partial charge < -0.3 is 14.4 Å². The fraction of sp³-hybridized carbons (Fsp3) is 0.333. The lowest BCUT2D eigenvalue weighted by molar-refractivity contribution is -0.129. The largest absolute Gasteiger partial charge is 0.497 e. The molecule has 2 aliphatic heterocycles. The van der Waals surface area contributed by atoms with Gasteiger partial charge in [-0.1, -0.05) is 17.8 Å². The third-order valence-electron chi connectivity index (χ3n) is 5.96. The number of hydrogen-bond donors (Lipinski definition) is 0. The number of carbonyl (C=O) groups is 1. The molecule has 0 aromatic heterocycles. The Bertz CT molecular complexity index is 1110. The molecular weight excluding hydrogens is 410 g/mol. The van der Waals surface area contributed by atoms with Gasteiger partial charge in [0.25, 0.3) is 0 Å². The second-order valence-corrected chi connectivity index (χ2v) is 8.67. The van der Waals surface area contributed by atoms with Crippen molar-refractivity contribution in [3.05, 3.63) is 63.7 Å². The average Bonchev–Trinajstić information content (AvgIpc) is 2.80. The van der Waals surface area contributed by atoms with E-state index in [1.807, 2.05) is 18.2 Å². The number of ether oxygens (including phenoxy) is 2. The molecule has 7 heteroatoms. The highest BCUT2D eigenvalue weighted by molar-refractivity contribution is 8.03. The molecule has 0 aliphatic carbocycles. The highest BCUT2D eigenvalue weighted by Gasteiger charge is 2.39. The van der Waals surface area contributed by atoms with Crippen molar-refractivity contribution in [2.45, 2.75) is 26.2 Å². The number of benzene rings is 2. The van der Waals surface area contributed by atoms with E-state index in [2.05, 4.69) is 43.0 Å². The van der Waals surface area contributed by atoms with Crippen LogP contribution in [-0.4, -0.2) is 37.6 Å². The van der Waals surface area contributed by atoms with Crippen LogP contribution in [-0.2, 0) is 4.79 Å². The number of aryl methyl sites for hydroxylation is 2. The molecule has 0 spiro atoms. The summed E-state index contributed by atoms with van der Waals surface area (Å²) in [6.07, 6.45) is 0.219. The molecule has 1 atom stereocenters. The van der Waals surface area contributed by atoms with Crippen molar-refractivity contribution < 1.29 is 14.3 Å². The van der Waals surface area contributed by atoms with Gasteiger partial charge in [0, 0.05) is 23.6 Å². The Morgan fingerprint density at radius 3 is 2.58 bits per heavy atom. The van der Waals surface area contributed by atoms with Crippen molar-refractivity contribution in [1.82, 2.24) is 4.90 Å². The van der Waals surface area contributed by atoms with E-state index in [4.69, 9.17) is 9.47 Å². The summed E-state index contributed by atoms with van der Waals surface area (Å²) in [6, 6.07) is 14.2. The predicted molar refractivity (Wildman–Crippen MR) is 122 cm³/mol. The fourth-order valence-corrected chi connectivity index (χ4v) is 5.19. The quantitative estimate of drug-likeness (QED) is 0.703. The monoisotopic (exact) mass is 435 g/mol. The van der Waals surface area contributed by atoms with Crippen LogP contribution in [0.25, 0.3) is 0 Å². The van der Waals surface area contributed by atoms with E-state index in [1.165, 1.54) is 22.9 Å². The fourth-order valence-electron chi connectivity index (χ4n) is 4.03. The summed E-state index contributed by atoms with van der Waals surface area (Å²) in [7, 11) is 3.19. The maximum Gasteiger partial charge on any atom is 0.229 e. The molecule has 31 heavy (non-hydrogen) atoms. The van der Waals surface area contributed by atoms with E-state index in [1.54, 1.807) is 19.1 Å². The highest BCUT2D eigenvalue weighted by atomic mass is 32.2. The third kappa shape index (κ3) is 3.84. The van der Waals surface area contributed by atoms with Gasteiger partial charge in [-0.2, -0.15) is 5.26 Å². The van der Waals surface area contributed by atoms with E-state index < -0.39 is 0 Å². The van der Waals surface area contributed by atoms with Crippen LogP contribution in [0.5, 0.6) is 11.5 Å². The summed E-state index contributed by atoms with van der Waals surface area (Å²) in [4.78, 5) is 17.1. The van der Waals surface area contributed by atoms with Gasteiger partial charge in [0.1, 0.15) is 11.5 Å². The molecule has 0 unspecified atom stereocenters. The minimum atomic E-state index is -0.352. The number of nitriles is 1. The molecule has 2 heterocycles. The highest BCUT2D eigenvalue weighted by Crippen LogP contribution is 2.46. The topological polar surface area (TPSA) is 65.8 Å². The lowest BCUT2D eigenvalue weighted by Gasteiger charge is -2.42. The van der Waals surface area contributed by atoms with Gasteiger partial charge in [0.2, 0.25) is 5.91 Å². The Kier molecular flexibility index (Phi) is 5.84. The van der Waals surface area contributed by atoms with Crippen LogP contribution in [0, 0.1) is 25.2 Å². The summed E-state index contributed by atoms with van der Waals surface area (Å²) in [6.45, 7) is 4.62. The Morgan fingerprint density at radius 2 is 1.90 bits per heavy atom. The number of fused-ring (bicyclic) bond motifs is 1. The molecule has 1 amide bonds. The first-order valence-electron chi connectivity index (χ1n) is 10.1. The minimum absolute atomic E-state index is 0.00454. The van der Waals surface area contributed by atoms with Crippen LogP contribution in [0.4, 0.5) is 5.69 Å². The Hall–Kier alpha value is -3.11. The molecule has 0 N–H and O–H groups in total. The number of rotatable bonds is 4. The smallest absolute Gasteiger partial charge is 0.229 e. The van der Waals surface area contributed by atoms with Gasteiger partial charge in [0.15, 0.2) is 0 Å². The second-order valence-electron chi connectivity index (χ2n) is 7.74. The number of carbonyl (C=O) groups excluding carboxylic acids is 1. The number of methoxy groups -OCH3 is 2. The van der Waals surface area contributed by atoms with Crippen LogP contribution in [0.15, 0.2) is 47.0 Å². The molecule has 1 fully saturated rings. The molecule has 1 saturated heterocycles. The molecule has 160 valence electrons. The number of hydrogen-bond acceptors (Lipinski definition) is 6. The van der Waals surface area contributed by atoms with Crippen LogP contribution in [0.3, 0.4) is 0 Å². The zero-order valence-electron chi connectivity index (χ0n) is 18.1. The van der Waals surface area contributed by atoms with Gasteiger partial charge in [-0.25, -0.2) is 0 Å². The third-order valence-corrected chi connectivity index (χ3v) is 7.12. The maximum absolute atomic E-state index is 13.2. The van der Waals surface area contributed by atoms with E-state index in [0.29, 0.717) is 29.6 Å². The summed E-state index contributed by atoms with van der Waals surface area (Å²) >= 11 is 1.53. The molecule has 2 aromatic rings. The van der Waals surface area contributed by atoms with E-state index in [-0.39, 0.29) is 18.2 Å². The summed E-state index contributed by atoms with van der Waals surface area (Å²) in [5.41, 5.74) is 4.95. The van der Waals surface area contributed by atoms with E-state index in [0.717, 1.165) is 16.3 Å². The molecule has 0 radical (unpaired) electrons. The zero-order valence-corrected chi connectivity index (χ0v) is 19.0.